The predicted molar refractivity (Wildman–Crippen MR) is 292 cm³/mol. The molecule has 67 heavy (non-hydrogen) atoms. The summed E-state index contributed by atoms with van der Waals surface area (Å²) in [5.41, 5.74) is 15.6. The molecule has 0 aliphatic carbocycles. The average molecular weight is 888 g/mol. The molecule has 0 fully saturated rings. The monoisotopic (exact) mass is 887 g/mol. The first-order valence-electron chi connectivity index (χ1n) is 22.8. The lowest BCUT2D eigenvalue weighted by atomic mass is 9.97. The van der Waals surface area contributed by atoms with Gasteiger partial charge in [0.2, 0.25) is 0 Å². The summed E-state index contributed by atoms with van der Waals surface area (Å²) < 4.78 is 5.14. The number of anilines is 3. The number of thiophene rings is 2. The predicted octanol–water partition coefficient (Wildman–Crippen LogP) is 19.4. The zero-order chi connectivity index (χ0) is 44.3. The van der Waals surface area contributed by atoms with E-state index < -0.39 is 0 Å². The standard InChI is InChI=1S/C64H41NS2/c1-4-12-42(13-5-1)51-28-33-56-58-41-54(32-37-60(58)66-61(56)39-51)65(53-30-26-46(27-31-53)45-20-22-47(23-21-45)50-25-24-44-16-10-11-19-49(44)38-50)59-36-35-55(48-17-8-3-9-18-48)64-63(59)57-34-29-52(40-62(57)67-64)43-14-6-2-7-15-43/h1-41H. The maximum Gasteiger partial charge on any atom is 0.0555 e. The Labute approximate surface area is 397 Å². The number of hydrogen-bond acceptors (Lipinski definition) is 3. The summed E-state index contributed by atoms with van der Waals surface area (Å²) >= 11 is 3.76. The SMILES string of the molecule is c1ccc(-c2ccc3c(c2)sc2ccc(N(c4ccc(-c5ccc(-c6ccc7ccccc7c6)cc5)cc4)c4ccc(-c5ccccc5)c5sc6cc(-c7ccccc7)ccc6c45)cc23)cc1. The third-order valence-corrected chi connectivity index (χ3v) is 15.6. The van der Waals surface area contributed by atoms with Crippen LogP contribution < -0.4 is 4.90 Å². The van der Waals surface area contributed by atoms with E-state index in [-0.39, 0.29) is 0 Å². The van der Waals surface area contributed by atoms with Crippen molar-refractivity contribution in [1.29, 1.82) is 0 Å². The van der Waals surface area contributed by atoms with E-state index in [2.05, 4.69) is 254 Å². The molecule has 0 amide bonds. The molecule has 0 saturated heterocycles. The van der Waals surface area contributed by atoms with Gasteiger partial charge < -0.3 is 4.90 Å². The molecule has 0 N–H and O–H groups in total. The summed E-state index contributed by atoms with van der Waals surface area (Å²) in [6, 6.07) is 91.4. The van der Waals surface area contributed by atoms with Crippen LogP contribution in [0.2, 0.25) is 0 Å². The van der Waals surface area contributed by atoms with Gasteiger partial charge in [0.15, 0.2) is 0 Å². The summed E-state index contributed by atoms with van der Waals surface area (Å²) in [7, 11) is 0. The van der Waals surface area contributed by atoms with E-state index in [1.54, 1.807) is 0 Å². The molecule has 0 unspecified atom stereocenters. The fraction of sp³-hybridized carbons (Fsp3) is 0. The van der Waals surface area contributed by atoms with Crippen LogP contribution >= 0.6 is 22.7 Å². The van der Waals surface area contributed by atoms with Crippen LogP contribution in [0.1, 0.15) is 0 Å². The molecular weight excluding hydrogens is 847 g/mol. The van der Waals surface area contributed by atoms with Crippen molar-refractivity contribution in [2.45, 2.75) is 0 Å². The molecule has 2 aromatic heterocycles. The summed E-state index contributed by atoms with van der Waals surface area (Å²) in [5.74, 6) is 0. The minimum absolute atomic E-state index is 1.11. The highest BCUT2D eigenvalue weighted by molar-refractivity contribution is 7.26. The first-order valence-corrected chi connectivity index (χ1v) is 24.4. The van der Waals surface area contributed by atoms with Crippen LogP contribution in [-0.2, 0) is 0 Å². The van der Waals surface area contributed by atoms with Gasteiger partial charge in [0.05, 0.1) is 5.69 Å². The molecule has 0 aliphatic rings. The maximum absolute atomic E-state index is 2.49. The number of rotatable bonds is 8. The largest absolute Gasteiger partial charge is 0.310 e. The molecule has 11 aromatic carbocycles. The van der Waals surface area contributed by atoms with Crippen molar-refractivity contribution in [3.05, 3.63) is 249 Å². The molecule has 0 saturated carbocycles. The number of benzene rings is 11. The van der Waals surface area contributed by atoms with Gasteiger partial charge >= 0.3 is 0 Å². The Hall–Kier alpha value is -8.08. The Morgan fingerprint density at radius 3 is 1.43 bits per heavy atom. The van der Waals surface area contributed by atoms with Crippen molar-refractivity contribution < 1.29 is 0 Å². The molecule has 13 aromatic rings. The smallest absolute Gasteiger partial charge is 0.0555 e. The lowest BCUT2D eigenvalue weighted by Gasteiger charge is -2.27. The van der Waals surface area contributed by atoms with E-state index in [9.17, 15) is 0 Å². The first-order chi connectivity index (χ1) is 33.2. The Bertz CT molecular complexity index is 3940. The van der Waals surface area contributed by atoms with Crippen LogP contribution in [-0.4, -0.2) is 0 Å². The highest BCUT2D eigenvalue weighted by Gasteiger charge is 2.22. The third-order valence-electron chi connectivity index (χ3n) is 13.3. The zero-order valence-corrected chi connectivity index (χ0v) is 38.1. The summed E-state index contributed by atoms with van der Waals surface area (Å²) in [5, 5.41) is 7.59. The van der Waals surface area contributed by atoms with E-state index in [0.29, 0.717) is 0 Å². The van der Waals surface area contributed by atoms with Gasteiger partial charge in [-0.25, -0.2) is 0 Å². The average Bonchev–Trinajstić information content (AvgIpc) is 3.98. The molecule has 13 rings (SSSR count). The van der Waals surface area contributed by atoms with Crippen molar-refractivity contribution in [1.82, 2.24) is 0 Å². The van der Waals surface area contributed by atoms with Gasteiger partial charge in [-0.3, -0.25) is 0 Å². The molecule has 0 atom stereocenters. The van der Waals surface area contributed by atoms with Crippen molar-refractivity contribution >= 4 is 90.9 Å². The molecule has 3 heteroatoms. The van der Waals surface area contributed by atoms with Gasteiger partial charge in [-0.1, -0.05) is 194 Å². The van der Waals surface area contributed by atoms with Crippen LogP contribution in [0.25, 0.3) is 107 Å². The molecule has 0 bridgehead atoms. The normalized spacial score (nSPS) is 11.6. The molecule has 0 aliphatic heterocycles. The van der Waals surface area contributed by atoms with Gasteiger partial charge in [-0.15, -0.1) is 22.7 Å². The molecule has 0 spiro atoms. The summed E-state index contributed by atoms with van der Waals surface area (Å²) in [4.78, 5) is 2.49. The van der Waals surface area contributed by atoms with Gasteiger partial charge in [0, 0.05) is 51.7 Å². The number of hydrogen-bond donors (Lipinski definition) is 0. The van der Waals surface area contributed by atoms with Gasteiger partial charge in [-0.2, -0.15) is 0 Å². The Morgan fingerprint density at radius 1 is 0.269 bits per heavy atom. The highest BCUT2D eigenvalue weighted by Crippen LogP contribution is 2.50. The van der Waals surface area contributed by atoms with Crippen LogP contribution in [0.5, 0.6) is 0 Å². The van der Waals surface area contributed by atoms with Crippen molar-refractivity contribution in [3.63, 3.8) is 0 Å². The molecule has 2 heterocycles. The van der Waals surface area contributed by atoms with Gasteiger partial charge in [0.25, 0.3) is 0 Å². The summed E-state index contributed by atoms with van der Waals surface area (Å²) in [6.45, 7) is 0. The van der Waals surface area contributed by atoms with E-state index in [0.717, 1.165) is 17.1 Å². The van der Waals surface area contributed by atoms with Crippen molar-refractivity contribution in [2.75, 3.05) is 4.90 Å². The Morgan fingerprint density at radius 2 is 0.761 bits per heavy atom. The minimum atomic E-state index is 1.11. The van der Waals surface area contributed by atoms with E-state index in [1.165, 1.54) is 107 Å². The molecule has 0 radical (unpaired) electrons. The highest BCUT2D eigenvalue weighted by atomic mass is 32.1. The lowest BCUT2D eigenvalue weighted by Crippen LogP contribution is -2.10. The third kappa shape index (κ3) is 7.08. The second kappa shape index (κ2) is 16.4. The maximum atomic E-state index is 2.49. The Kier molecular flexibility index (Phi) is 9.63. The number of fused-ring (bicyclic) bond motifs is 7. The van der Waals surface area contributed by atoms with Crippen LogP contribution in [0.3, 0.4) is 0 Å². The Balaban J connectivity index is 0.971. The van der Waals surface area contributed by atoms with Crippen LogP contribution in [0.15, 0.2) is 249 Å². The van der Waals surface area contributed by atoms with E-state index >= 15 is 0 Å². The second-order valence-electron chi connectivity index (χ2n) is 17.3. The molecular formula is C64H41NS2. The van der Waals surface area contributed by atoms with E-state index in [1.807, 2.05) is 22.7 Å². The first kappa shape index (κ1) is 39.3. The second-order valence-corrected chi connectivity index (χ2v) is 19.4. The minimum Gasteiger partial charge on any atom is -0.310 e. The lowest BCUT2D eigenvalue weighted by molar-refractivity contribution is 1.31. The molecule has 314 valence electrons. The van der Waals surface area contributed by atoms with Gasteiger partial charge in [0.1, 0.15) is 0 Å². The van der Waals surface area contributed by atoms with Crippen LogP contribution in [0.4, 0.5) is 17.1 Å². The summed E-state index contributed by atoms with van der Waals surface area (Å²) in [6.07, 6.45) is 0. The quantitative estimate of drug-likeness (QED) is 0.147. The van der Waals surface area contributed by atoms with Gasteiger partial charge in [-0.05, 0) is 121 Å². The number of nitrogens with zero attached hydrogens (tertiary/aromatic N) is 1. The fourth-order valence-corrected chi connectivity index (χ4v) is 12.3. The van der Waals surface area contributed by atoms with Crippen LogP contribution in [0, 0.1) is 0 Å². The topological polar surface area (TPSA) is 3.24 Å². The molecule has 1 nitrogen and oxygen atoms in total. The fourth-order valence-electron chi connectivity index (χ4n) is 9.87. The van der Waals surface area contributed by atoms with Crippen molar-refractivity contribution in [2.24, 2.45) is 0 Å². The zero-order valence-electron chi connectivity index (χ0n) is 36.4. The van der Waals surface area contributed by atoms with Crippen molar-refractivity contribution in [3.8, 4) is 55.6 Å². The van der Waals surface area contributed by atoms with E-state index in [4.69, 9.17) is 0 Å².